The first-order valence-corrected chi connectivity index (χ1v) is 9.53. The molecule has 4 nitrogen and oxygen atoms in total. The minimum absolute atomic E-state index is 0.256. The van der Waals surface area contributed by atoms with E-state index in [4.69, 9.17) is 21.1 Å². The van der Waals surface area contributed by atoms with Gasteiger partial charge in [-0.25, -0.2) is 9.79 Å². The van der Waals surface area contributed by atoms with Gasteiger partial charge in [0.2, 0.25) is 5.90 Å². The molecule has 0 aromatic heterocycles. The number of ether oxygens (including phenoxy) is 2. The van der Waals surface area contributed by atoms with Crippen LogP contribution in [0.1, 0.15) is 22.3 Å². The first-order valence-electron chi connectivity index (χ1n) is 9.15. The second kappa shape index (κ2) is 8.33. The Hall–Kier alpha value is -3.37. The summed E-state index contributed by atoms with van der Waals surface area (Å²) in [4.78, 5) is 16.6. The molecule has 0 aliphatic carbocycles. The number of benzene rings is 3. The van der Waals surface area contributed by atoms with E-state index >= 15 is 0 Å². The van der Waals surface area contributed by atoms with E-state index in [1.807, 2.05) is 79.7 Å². The van der Waals surface area contributed by atoms with E-state index < -0.39 is 5.97 Å². The number of carbonyl (C=O) groups is 1. The maximum absolute atomic E-state index is 12.3. The number of nitrogens with zero attached hydrogens (tertiary/aromatic N) is 1. The van der Waals surface area contributed by atoms with Crippen LogP contribution in [-0.4, -0.2) is 11.9 Å². The molecule has 0 spiro atoms. The van der Waals surface area contributed by atoms with Gasteiger partial charge in [-0.3, -0.25) is 0 Å². The van der Waals surface area contributed by atoms with Crippen LogP contribution in [0.3, 0.4) is 0 Å². The van der Waals surface area contributed by atoms with E-state index in [1.165, 1.54) is 0 Å². The van der Waals surface area contributed by atoms with Gasteiger partial charge >= 0.3 is 5.97 Å². The van der Waals surface area contributed by atoms with E-state index in [9.17, 15) is 4.79 Å². The molecule has 3 aromatic carbocycles. The lowest BCUT2D eigenvalue weighted by Crippen LogP contribution is -2.06. The molecule has 0 saturated carbocycles. The van der Waals surface area contributed by atoms with Crippen LogP contribution in [0.5, 0.6) is 5.75 Å². The highest BCUT2D eigenvalue weighted by Crippen LogP contribution is 2.23. The molecule has 0 radical (unpaired) electrons. The summed E-state index contributed by atoms with van der Waals surface area (Å²) >= 11 is 6.17. The molecule has 1 heterocycles. The van der Waals surface area contributed by atoms with E-state index in [-0.39, 0.29) is 5.70 Å². The summed E-state index contributed by atoms with van der Waals surface area (Å²) in [6.07, 6.45) is 1.69. The van der Waals surface area contributed by atoms with Crippen LogP contribution < -0.4 is 4.74 Å². The predicted octanol–water partition coefficient (Wildman–Crippen LogP) is 5.57. The number of carbonyl (C=O) groups excluding carboxylic acids is 1. The van der Waals surface area contributed by atoms with E-state index in [0.717, 1.165) is 22.3 Å². The van der Waals surface area contributed by atoms with Gasteiger partial charge in [-0.1, -0.05) is 60.1 Å². The summed E-state index contributed by atoms with van der Waals surface area (Å²) < 4.78 is 11.2. The average Bonchev–Trinajstić information content (AvgIpc) is 3.08. The van der Waals surface area contributed by atoms with Crippen molar-refractivity contribution in [1.82, 2.24) is 0 Å². The quantitative estimate of drug-likeness (QED) is 0.413. The predicted molar refractivity (Wildman–Crippen MR) is 114 cm³/mol. The first-order chi connectivity index (χ1) is 14.1. The molecule has 4 rings (SSSR count). The molecule has 0 saturated heterocycles. The van der Waals surface area contributed by atoms with Crippen LogP contribution in [0, 0.1) is 6.92 Å². The van der Waals surface area contributed by atoms with Gasteiger partial charge in [0.05, 0.1) is 0 Å². The summed E-state index contributed by atoms with van der Waals surface area (Å²) in [6, 6.07) is 22.6. The van der Waals surface area contributed by atoms with E-state index in [0.29, 0.717) is 23.3 Å². The van der Waals surface area contributed by atoms with Gasteiger partial charge in [0.1, 0.15) is 12.4 Å². The fraction of sp³-hybridized carbons (Fsp3) is 0.0833. The highest BCUT2D eigenvalue weighted by molar-refractivity contribution is 6.31. The number of aliphatic imine (C=N–C) groups is 1. The van der Waals surface area contributed by atoms with Crippen molar-refractivity contribution in [2.45, 2.75) is 13.5 Å². The average molecular weight is 404 g/mol. The number of esters is 1. The standard InChI is InChI=1S/C24H18ClNO3/c1-16-7-2-4-11-20(16)23-26-22(24(27)29-23)14-17-8-6-10-19(13-17)28-15-18-9-3-5-12-21(18)25/h2-14H,15H2,1H3. The third-order valence-corrected chi connectivity index (χ3v) is 4.88. The van der Waals surface area contributed by atoms with Crippen LogP contribution in [0.15, 0.2) is 83.5 Å². The zero-order chi connectivity index (χ0) is 20.2. The summed E-state index contributed by atoms with van der Waals surface area (Å²) in [5, 5.41) is 0.664. The van der Waals surface area contributed by atoms with Crippen molar-refractivity contribution in [3.8, 4) is 5.75 Å². The zero-order valence-corrected chi connectivity index (χ0v) is 16.5. The van der Waals surface area contributed by atoms with Crippen molar-refractivity contribution in [3.63, 3.8) is 0 Å². The van der Waals surface area contributed by atoms with Gasteiger partial charge in [-0.05, 0) is 48.4 Å². The van der Waals surface area contributed by atoms with Crippen molar-refractivity contribution in [2.24, 2.45) is 4.99 Å². The molecule has 0 fully saturated rings. The van der Waals surface area contributed by atoms with Crippen LogP contribution in [0.2, 0.25) is 5.02 Å². The molecular weight excluding hydrogens is 386 g/mol. The fourth-order valence-electron chi connectivity index (χ4n) is 2.97. The monoisotopic (exact) mass is 403 g/mol. The van der Waals surface area contributed by atoms with Gasteiger partial charge in [0.15, 0.2) is 5.70 Å². The topological polar surface area (TPSA) is 47.9 Å². The van der Waals surface area contributed by atoms with Crippen molar-refractivity contribution in [2.75, 3.05) is 0 Å². The zero-order valence-electron chi connectivity index (χ0n) is 15.8. The Balaban J connectivity index is 1.54. The Bertz CT molecular complexity index is 1130. The molecule has 3 aromatic rings. The third-order valence-electron chi connectivity index (χ3n) is 4.51. The van der Waals surface area contributed by atoms with Crippen molar-refractivity contribution in [3.05, 3.63) is 106 Å². The molecule has 0 amide bonds. The summed E-state index contributed by atoms with van der Waals surface area (Å²) in [5.74, 6) is 0.532. The van der Waals surface area contributed by atoms with Crippen LogP contribution in [0.25, 0.3) is 6.08 Å². The molecule has 5 heteroatoms. The second-order valence-electron chi connectivity index (χ2n) is 6.60. The molecule has 0 unspecified atom stereocenters. The van der Waals surface area contributed by atoms with E-state index in [1.54, 1.807) is 6.08 Å². The molecule has 144 valence electrons. The SMILES string of the molecule is Cc1ccccc1C1=NC(=Cc2cccc(OCc3ccccc3Cl)c2)C(=O)O1. The normalized spacial score (nSPS) is 14.6. The van der Waals surface area contributed by atoms with Gasteiger partial charge in [-0.2, -0.15) is 0 Å². The molecule has 0 atom stereocenters. The lowest BCUT2D eigenvalue weighted by Gasteiger charge is -2.08. The fourth-order valence-corrected chi connectivity index (χ4v) is 3.16. The van der Waals surface area contributed by atoms with Gasteiger partial charge in [0, 0.05) is 16.1 Å². The van der Waals surface area contributed by atoms with Gasteiger partial charge in [-0.15, -0.1) is 0 Å². The molecule has 0 N–H and O–H groups in total. The Kier molecular flexibility index (Phi) is 5.45. The molecule has 1 aliphatic heterocycles. The largest absolute Gasteiger partial charge is 0.489 e. The number of rotatable bonds is 5. The highest BCUT2D eigenvalue weighted by atomic mass is 35.5. The number of aryl methyl sites for hydroxylation is 1. The number of halogens is 1. The van der Waals surface area contributed by atoms with Crippen LogP contribution in [-0.2, 0) is 16.1 Å². The summed E-state index contributed by atoms with van der Waals surface area (Å²) in [5.41, 5.74) is 3.76. The number of hydrogen-bond acceptors (Lipinski definition) is 4. The Labute approximate surface area is 174 Å². The van der Waals surface area contributed by atoms with Crippen molar-refractivity contribution in [1.29, 1.82) is 0 Å². The highest BCUT2D eigenvalue weighted by Gasteiger charge is 2.24. The lowest BCUT2D eigenvalue weighted by molar-refractivity contribution is -0.129. The Morgan fingerprint density at radius 2 is 1.83 bits per heavy atom. The molecule has 0 bridgehead atoms. The number of cyclic esters (lactones) is 1. The summed E-state index contributed by atoms with van der Waals surface area (Å²) in [6.45, 7) is 2.31. The minimum Gasteiger partial charge on any atom is -0.489 e. The molecule has 29 heavy (non-hydrogen) atoms. The summed E-state index contributed by atoms with van der Waals surface area (Å²) in [7, 11) is 0. The number of hydrogen-bond donors (Lipinski definition) is 0. The minimum atomic E-state index is -0.467. The van der Waals surface area contributed by atoms with Crippen LogP contribution in [0.4, 0.5) is 0 Å². The van der Waals surface area contributed by atoms with E-state index in [2.05, 4.69) is 4.99 Å². The van der Waals surface area contributed by atoms with Gasteiger partial charge in [0.25, 0.3) is 0 Å². The van der Waals surface area contributed by atoms with Crippen molar-refractivity contribution >= 4 is 29.5 Å². The Morgan fingerprint density at radius 1 is 1.03 bits per heavy atom. The Morgan fingerprint density at radius 3 is 2.66 bits per heavy atom. The maximum atomic E-state index is 12.3. The lowest BCUT2D eigenvalue weighted by atomic mass is 10.1. The second-order valence-corrected chi connectivity index (χ2v) is 7.01. The molecule has 1 aliphatic rings. The smallest absolute Gasteiger partial charge is 0.363 e. The van der Waals surface area contributed by atoms with Gasteiger partial charge < -0.3 is 9.47 Å². The molecular formula is C24H18ClNO3. The van der Waals surface area contributed by atoms with Crippen LogP contribution >= 0.6 is 11.6 Å². The first kappa shape index (κ1) is 19.0. The van der Waals surface area contributed by atoms with Crippen molar-refractivity contribution < 1.29 is 14.3 Å². The third kappa shape index (κ3) is 4.39. The maximum Gasteiger partial charge on any atom is 0.363 e.